The number of aryl methyl sites for hydroxylation is 2. The van der Waals surface area contributed by atoms with Crippen LogP contribution < -0.4 is 5.32 Å². The highest BCUT2D eigenvalue weighted by Gasteiger charge is 2.15. The highest BCUT2D eigenvalue weighted by Crippen LogP contribution is 2.23. The lowest BCUT2D eigenvalue weighted by atomic mass is 10.00. The van der Waals surface area contributed by atoms with Gasteiger partial charge in [-0.3, -0.25) is 4.79 Å². The molecule has 0 bridgehead atoms. The summed E-state index contributed by atoms with van der Waals surface area (Å²) >= 11 is 11.9. The van der Waals surface area contributed by atoms with E-state index >= 15 is 0 Å². The van der Waals surface area contributed by atoms with Gasteiger partial charge in [0.15, 0.2) is 0 Å². The molecule has 0 radical (unpaired) electrons. The van der Waals surface area contributed by atoms with Gasteiger partial charge in [-0.1, -0.05) is 47.0 Å². The van der Waals surface area contributed by atoms with Gasteiger partial charge in [0.25, 0.3) is 5.91 Å². The molecule has 0 aliphatic heterocycles. The molecule has 2 nitrogen and oxygen atoms in total. The maximum atomic E-state index is 12.3. The molecule has 2 rings (SSSR count). The van der Waals surface area contributed by atoms with Crippen LogP contribution in [0.3, 0.4) is 0 Å². The molecule has 1 amide bonds. The number of nitrogens with one attached hydrogen (secondary N) is 1. The number of halogens is 2. The van der Waals surface area contributed by atoms with Crippen LogP contribution in [0.25, 0.3) is 0 Å². The van der Waals surface area contributed by atoms with E-state index in [1.54, 1.807) is 18.2 Å². The van der Waals surface area contributed by atoms with Gasteiger partial charge in [0.2, 0.25) is 0 Å². The average molecular weight is 322 g/mol. The van der Waals surface area contributed by atoms with Crippen molar-refractivity contribution in [2.45, 2.75) is 26.8 Å². The Morgan fingerprint density at radius 1 is 1.10 bits per heavy atom. The van der Waals surface area contributed by atoms with Crippen molar-refractivity contribution < 1.29 is 4.79 Å². The molecular weight excluding hydrogens is 305 g/mol. The Morgan fingerprint density at radius 3 is 2.48 bits per heavy atom. The largest absolute Gasteiger partial charge is 0.345 e. The number of carbonyl (C=O) groups excluding carboxylic acids is 1. The number of carbonyl (C=O) groups is 1. The topological polar surface area (TPSA) is 29.1 Å². The molecule has 0 aromatic heterocycles. The first-order valence-corrected chi connectivity index (χ1v) is 7.47. The van der Waals surface area contributed by atoms with E-state index in [1.807, 2.05) is 20.8 Å². The number of hydrogen-bond donors (Lipinski definition) is 1. The Bertz CT molecular complexity index is 682. The number of amides is 1. The fourth-order valence-corrected chi connectivity index (χ4v) is 2.75. The van der Waals surface area contributed by atoms with E-state index in [9.17, 15) is 4.79 Å². The summed E-state index contributed by atoms with van der Waals surface area (Å²) in [6.07, 6.45) is 0. The second-order valence-corrected chi connectivity index (χ2v) is 6.02. The van der Waals surface area contributed by atoms with Crippen LogP contribution in [-0.4, -0.2) is 5.91 Å². The van der Waals surface area contributed by atoms with Gasteiger partial charge in [-0.05, 0) is 50.1 Å². The molecule has 0 aliphatic rings. The molecular formula is C17H17Cl2NO. The fourth-order valence-electron chi connectivity index (χ4n) is 2.25. The summed E-state index contributed by atoms with van der Waals surface area (Å²) in [5, 5.41) is 3.84. The van der Waals surface area contributed by atoms with E-state index < -0.39 is 0 Å². The molecule has 2 aromatic rings. The van der Waals surface area contributed by atoms with Gasteiger partial charge in [0.1, 0.15) is 0 Å². The predicted octanol–water partition coefficient (Wildman–Crippen LogP) is 5.10. The molecule has 0 saturated carbocycles. The normalized spacial score (nSPS) is 12.0. The molecule has 0 fully saturated rings. The summed E-state index contributed by atoms with van der Waals surface area (Å²) in [5.74, 6) is -0.204. The Balaban J connectivity index is 2.20. The van der Waals surface area contributed by atoms with Gasteiger partial charge in [0, 0.05) is 5.02 Å². The molecule has 1 N–H and O–H groups in total. The highest BCUT2D eigenvalue weighted by molar-refractivity contribution is 6.36. The van der Waals surface area contributed by atoms with E-state index in [0.29, 0.717) is 15.6 Å². The highest BCUT2D eigenvalue weighted by atomic mass is 35.5. The van der Waals surface area contributed by atoms with Crippen molar-refractivity contribution in [3.8, 4) is 0 Å². The quantitative estimate of drug-likeness (QED) is 0.837. The van der Waals surface area contributed by atoms with E-state index in [-0.39, 0.29) is 11.9 Å². The third-order valence-corrected chi connectivity index (χ3v) is 3.97. The second-order valence-electron chi connectivity index (χ2n) is 5.18. The fraction of sp³-hybridized carbons (Fsp3) is 0.235. The van der Waals surface area contributed by atoms with Crippen LogP contribution in [-0.2, 0) is 0 Å². The van der Waals surface area contributed by atoms with Gasteiger partial charge in [-0.15, -0.1) is 0 Å². The van der Waals surface area contributed by atoms with Crippen LogP contribution >= 0.6 is 23.2 Å². The van der Waals surface area contributed by atoms with Crippen LogP contribution in [0.1, 0.15) is 40.0 Å². The molecule has 110 valence electrons. The Hall–Kier alpha value is -1.51. The van der Waals surface area contributed by atoms with Crippen LogP contribution in [0.4, 0.5) is 0 Å². The van der Waals surface area contributed by atoms with Gasteiger partial charge >= 0.3 is 0 Å². The van der Waals surface area contributed by atoms with E-state index in [2.05, 4.69) is 23.5 Å². The molecule has 0 unspecified atom stereocenters. The van der Waals surface area contributed by atoms with Crippen LogP contribution in [0.15, 0.2) is 36.4 Å². The SMILES string of the molecule is Cc1ccc(C)c([C@@H](C)NC(=O)c2ccc(Cl)cc2Cl)c1. The average Bonchev–Trinajstić information content (AvgIpc) is 2.41. The first-order chi connectivity index (χ1) is 9.88. The smallest absolute Gasteiger partial charge is 0.253 e. The van der Waals surface area contributed by atoms with Gasteiger partial charge < -0.3 is 5.32 Å². The van der Waals surface area contributed by atoms with Crippen LogP contribution in [0.2, 0.25) is 10.0 Å². The molecule has 4 heteroatoms. The van der Waals surface area contributed by atoms with Crippen molar-refractivity contribution in [3.63, 3.8) is 0 Å². The zero-order valence-corrected chi connectivity index (χ0v) is 13.7. The number of rotatable bonds is 3. The monoisotopic (exact) mass is 321 g/mol. The number of hydrogen-bond acceptors (Lipinski definition) is 1. The van der Waals surface area contributed by atoms with Crippen molar-refractivity contribution in [2.24, 2.45) is 0 Å². The van der Waals surface area contributed by atoms with Crippen LogP contribution in [0, 0.1) is 13.8 Å². The van der Waals surface area contributed by atoms with Crippen LogP contribution in [0.5, 0.6) is 0 Å². The van der Waals surface area contributed by atoms with Gasteiger partial charge in [0.05, 0.1) is 16.6 Å². The molecule has 2 aromatic carbocycles. The summed E-state index contributed by atoms with van der Waals surface area (Å²) in [6, 6.07) is 11.0. The summed E-state index contributed by atoms with van der Waals surface area (Å²) in [7, 11) is 0. The maximum Gasteiger partial charge on any atom is 0.253 e. The maximum absolute atomic E-state index is 12.3. The van der Waals surface area contributed by atoms with Gasteiger partial charge in [-0.2, -0.15) is 0 Å². The number of benzene rings is 2. The van der Waals surface area contributed by atoms with E-state index in [4.69, 9.17) is 23.2 Å². The minimum atomic E-state index is -0.204. The Morgan fingerprint density at radius 2 is 1.81 bits per heavy atom. The van der Waals surface area contributed by atoms with Crippen molar-refractivity contribution in [2.75, 3.05) is 0 Å². The summed E-state index contributed by atoms with van der Waals surface area (Å²) in [5.41, 5.74) is 3.85. The van der Waals surface area contributed by atoms with Gasteiger partial charge in [-0.25, -0.2) is 0 Å². The molecule has 21 heavy (non-hydrogen) atoms. The summed E-state index contributed by atoms with van der Waals surface area (Å²) in [4.78, 5) is 12.3. The predicted molar refractivity (Wildman–Crippen MR) is 88.3 cm³/mol. The summed E-state index contributed by atoms with van der Waals surface area (Å²) in [6.45, 7) is 6.03. The lowest BCUT2D eigenvalue weighted by Crippen LogP contribution is -2.27. The molecule has 1 atom stereocenters. The van der Waals surface area contributed by atoms with E-state index in [0.717, 1.165) is 11.1 Å². The Kier molecular flexibility index (Phi) is 4.92. The second kappa shape index (κ2) is 6.50. The minimum Gasteiger partial charge on any atom is -0.345 e. The van der Waals surface area contributed by atoms with Crippen molar-refractivity contribution in [1.82, 2.24) is 5.32 Å². The standard InChI is InChI=1S/C17H17Cl2NO/c1-10-4-5-11(2)15(8-10)12(3)20-17(21)14-7-6-13(18)9-16(14)19/h4-9,12H,1-3H3,(H,20,21)/t12-/m1/s1. The zero-order chi connectivity index (χ0) is 15.6. The molecule has 0 spiro atoms. The lowest BCUT2D eigenvalue weighted by Gasteiger charge is -2.18. The van der Waals surface area contributed by atoms with Crippen molar-refractivity contribution >= 4 is 29.1 Å². The van der Waals surface area contributed by atoms with Crippen molar-refractivity contribution in [3.05, 3.63) is 68.7 Å². The lowest BCUT2D eigenvalue weighted by molar-refractivity contribution is 0.0940. The first kappa shape index (κ1) is 15.9. The Labute approximate surface area is 135 Å². The van der Waals surface area contributed by atoms with E-state index in [1.165, 1.54) is 5.56 Å². The van der Waals surface area contributed by atoms with Crippen molar-refractivity contribution in [1.29, 1.82) is 0 Å². The summed E-state index contributed by atoms with van der Waals surface area (Å²) < 4.78 is 0. The molecule has 0 saturated heterocycles. The molecule has 0 heterocycles. The minimum absolute atomic E-state index is 0.0934. The zero-order valence-electron chi connectivity index (χ0n) is 12.2. The third kappa shape index (κ3) is 3.78. The first-order valence-electron chi connectivity index (χ1n) is 6.71. The third-order valence-electron chi connectivity index (χ3n) is 3.42. The molecule has 0 aliphatic carbocycles.